The zero-order valence-electron chi connectivity index (χ0n) is 12.4. The van der Waals surface area contributed by atoms with Crippen molar-refractivity contribution in [3.8, 4) is 0 Å². The number of hydrogen-bond donors (Lipinski definition) is 2. The van der Waals surface area contributed by atoms with Crippen molar-refractivity contribution in [2.75, 3.05) is 6.61 Å². The molecule has 2 atom stereocenters. The molecule has 0 radical (unpaired) electrons. The zero-order chi connectivity index (χ0) is 14.7. The van der Waals surface area contributed by atoms with Crippen LogP contribution < -0.4 is 11.3 Å². The maximum Gasteiger partial charge on any atom is 0.0686 e. The lowest BCUT2D eigenvalue weighted by Crippen LogP contribution is -2.46. The smallest absolute Gasteiger partial charge is 0.0686 e. The van der Waals surface area contributed by atoms with Crippen molar-refractivity contribution in [2.45, 2.75) is 56.6 Å². The fraction of sp³-hybridized carbons (Fsp3) is 0.688. The molecule has 1 saturated carbocycles. The van der Waals surface area contributed by atoms with Crippen LogP contribution >= 0.6 is 15.9 Å². The van der Waals surface area contributed by atoms with E-state index in [0.29, 0.717) is 5.92 Å². The fourth-order valence-corrected chi connectivity index (χ4v) is 4.16. The Hall–Kier alpha value is -0.490. The Kier molecular flexibility index (Phi) is 4.94. The van der Waals surface area contributed by atoms with Crippen molar-refractivity contribution in [2.24, 2.45) is 11.8 Å². The predicted octanol–water partition coefficient (Wildman–Crippen LogP) is 3.48. The molecule has 2 unspecified atom stereocenters. The zero-order valence-corrected chi connectivity index (χ0v) is 13.9. The molecule has 1 aliphatic carbocycles. The van der Waals surface area contributed by atoms with E-state index in [4.69, 9.17) is 10.6 Å². The molecule has 3 rings (SSSR count). The van der Waals surface area contributed by atoms with Crippen LogP contribution in [-0.2, 0) is 4.74 Å². The molecule has 1 saturated heterocycles. The van der Waals surface area contributed by atoms with Crippen molar-refractivity contribution in [3.63, 3.8) is 0 Å². The minimum Gasteiger partial charge on any atom is -0.375 e. The molecule has 1 spiro atoms. The SMILES string of the molecule is NNC(c1ccc(Br)cn1)C1CCOC2(CCCCC2)C1. The van der Waals surface area contributed by atoms with Crippen LogP contribution in [-0.4, -0.2) is 17.2 Å². The van der Waals surface area contributed by atoms with Crippen molar-refractivity contribution in [1.82, 2.24) is 10.4 Å². The van der Waals surface area contributed by atoms with Gasteiger partial charge in [-0.25, -0.2) is 0 Å². The third kappa shape index (κ3) is 3.47. The molecule has 3 N–H and O–H groups in total. The van der Waals surface area contributed by atoms with E-state index in [1.54, 1.807) is 0 Å². The van der Waals surface area contributed by atoms with E-state index in [-0.39, 0.29) is 11.6 Å². The Morgan fingerprint density at radius 1 is 1.33 bits per heavy atom. The number of halogens is 1. The molecule has 4 nitrogen and oxygen atoms in total. The fourth-order valence-electron chi connectivity index (χ4n) is 3.93. The van der Waals surface area contributed by atoms with Crippen molar-refractivity contribution < 1.29 is 4.74 Å². The van der Waals surface area contributed by atoms with E-state index >= 15 is 0 Å². The third-order valence-electron chi connectivity index (χ3n) is 5.02. The third-order valence-corrected chi connectivity index (χ3v) is 5.48. The highest BCUT2D eigenvalue weighted by Gasteiger charge is 2.41. The Morgan fingerprint density at radius 2 is 2.14 bits per heavy atom. The van der Waals surface area contributed by atoms with Gasteiger partial charge in [0, 0.05) is 17.3 Å². The Labute approximate surface area is 134 Å². The maximum atomic E-state index is 6.19. The summed E-state index contributed by atoms with van der Waals surface area (Å²) in [5.41, 5.74) is 4.13. The number of rotatable bonds is 3. The van der Waals surface area contributed by atoms with Crippen molar-refractivity contribution in [3.05, 3.63) is 28.5 Å². The second-order valence-electron chi connectivity index (χ2n) is 6.39. The monoisotopic (exact) mass is 353 g/mol. The van der Waals surface area contributed by atoms with E-state index in [9.17, 15) is 0 Å². The van der Waals surface area contributed by atoms with Gasteiger partial charge in [-0.2, -0.15) is 0 Å². The first-order chi connectivity index (χ1) is 10.2. The van der Waals surface area contributed by atoms with E-state index < -0.39 is 0 Å². The summed E-state index contributed by atoms with van der Waals surface area (Å²) in [6.07, 6.45) is 10.3. The number of nitrogens with two attached hydrogens (primary N) is 1. The van der Waals surface area contributed by atoms with Crippen LogP contribution in [0.5, 0.6) is 0 Å². The van der Waals surface area contributed by atoms with Gasteiger partial charge >= 0.3 is 0 Å². The van der Waals surface area contributed by atoms with E-state index in [1.165, 1.54) is 32.1 Å². The minimum absolute atomic E-state index is 0.103. The van der Waals surface area contributed by atoms with Crippen LogP contribution in [0.2, 0.25) is 0 Å². The summed E-state index contributed by atoms with van der Waals surface area (Å²) in [7, 11) is 0. The molecule has 1 aromatic heterocycles. The normalized spacial score (nSPS) is 26.7. The predicted molar refractivity (Wildman–Crippen MR) is 86.5 cm³/mol. The number of ether oxygens (including phenoxy) is 1. The van der Waals surface area contributed by atoms with Gasteiger partial charge in [0.15, 0.2) is 0 Å². The number of nitrogens with one attached hydrogen (secondary N) is 1. The second kappa shape index (κ2) is 6.73. The molecule has 2 heterocycles. The average molecular weight is 354 g/mol. The number of aromatic nitrogens is 1. The van der Waals surface area contributed by atoms with Gasteiger partial charge in [0.25, 0.3) is 0 Å². The van der Waals surface area contributed by atoms with Gasteiger partial charge < -0.3 is 4.74 Å². The number of nitrogens with zero attached hydrogens (tertiary/aromatic N) is 1. The molecule has 1 aromatic rings. The van der Waals surface area contributed by atoms with Crippen molar-refractivity contribution >= 4 is 15.9 Å². The van der Waals surface area contributed by atoms with Crippen LogP contribution in [0.1, 0.15) is 56.7 Å². The molecular formula is C16H24BrN3O. The van der Waals surface area contributed by atoms with Gasteiger partial charge in [-0.3, -0.25) is 16.3 Å². The minimum atomic E-state index is 0.103. The molecule has 0 bridgehead atoms. The molecule has 2 fully saturated rings. The highest BCUT2D eigenvalue weighted by molar-refractivity contribution is 9.10. The van der Waals surface area contributed by atoms with E-state index in [2.05, 4.69) is 32.4 Å². The van der Waals surface area contributed by atoms with E-state index in [1.807, 2.05) is 12.3 Å². The summed E-state index contributed by atoms with van der Waals surface area (Å²) in [5, 5.41) is 0. The van der Waals surface area contributed by atoms with Crippen LogP contribution in [0.3, 0.4) is 0 Å². The van der Waals surface area contributed by atoms with Gasteiger partial charge in [0.1, 0.15) is 0 Å². The van der Waals surface area contributed by atoms with E-state index in [0.717, 1.165) is 29.6 Å². The maximum absolute atomic E-state index is 6.19. The Balaban J connectivity index is 1.75. The second-order valence-corrected chi connectivity index (χ2v) is 7.31. The first-order valence-electron chi connectivity index (χ1n) is 7.94. The topological polar surface area (TPSA) is 60.2 Å². The lowest BCUT2D eigenvalue weighted by Gasteiger charge is -2.45. The lowest BCUT2D eigenvalue weighted by atomic mass is 9.73. The molecule has 1 aliphatic heterocycles. The summed E-state index contributed by atoms with van der Waals surface area (Å²) < 4.78 is 7.19. The first-order valence-corrected chi connectivity index (χ1v) is 8.73. The summed E-state index contributed by atoms with van der Waals surface area (Å²) in [5.74, 6) is 6.34. The molecule has 116 valence electrons. The van der Waals surface area contributed by atoms with Crippen LogP contribution in [0.4, 0.5) is 0 Å². The quantitative estimate of drug-likeness (QED) is 0.645. The van der Waals surface area contributed by atoms with Crippen LogP contribution in [0.15, 0.2) is 22.8 Å². The molecule has 0 aromatic carbocycles. The van der Waals surface area contributed by atoms with Crippen molar-refractivity contribution in [1.29, 1.82) is 0 Å². The highest BCUT2D eigenvalue weighted by atomic mass is 79.9. The number of hydrazine groups is 1. The summed E-state index contributed by atoms with van der Waals surface area (Å²) in [6, 6.07) is 4.20. The molecular weight excluding hydrogens is 330 g/mol. The highest BCUT2D eigenvalue weighted by Crippen LogP contribution is 2.43. The largest absolute Gasteiger partial charge is 0.375 e. The van der Waals surface area contributed by atoms with Gasteiger partial charge in [-0.05, 0) is 59.7 Å². The molecule has 5 heteroatoms. The van der Waals surface area contributed by atoms with Crippen LogP contribution in [0.25, 0.3) is 0 Å². The summed E-state index contributed by atoms with van der Waals surface area (Å²) in [4.78, 5) is 4.53. The Bertz CT molecular complexity index is 454. The van der Waals surface area contributed by atoms with Crippen LogP contribution in [0, 0.1) is 5.92 Å². The van der Waals surface area contributed by atoms with Gasteiger partial charge in [-0.15, -0.1) is 0 Å². The summed E-state index contributed by atoms with van der Waals surface area (Å²) in [6.45, 7) is 0.847. The van der Waals surface area contributed by atoms with Gasteiger partial charge in [-0.1, -0.05) is 19.3 Å². The number of hydrogen-bond acceptors (Lipinski definition) is 4. The van der Waals surface area contributed by atoms with Gasteiger partial charge in [0.05, 0.1) is 17.3 Å². The summed E-state index contributed by atoms with van der Waals surface area (Å²) >= 11 is 3.44. The standard InChI is InChI=1S/C16H24BrN3O/c17-13-4-5-14(19-11-13)15(20-18)12-6-9-21-16(10-12)7-2-1-3-8-16/h4-5,11-12,15,20H,1-3,6-10,18H2. The lowest BCUT2D eigenvalue weighted by molar-refractivity contribution is -0.122. The molecule has 0 amide bonds. The first kappa shape index (κ1) is 15.4. The number of pyridine rings is 1. The molecule has 2 aliphatic rings. The molecule has 21 heavy (non-hydrogen) atoms. The Morgan fingerprint density at radius 3 is 2.81 bits per heavy atom. The average Bonchev–Trinajstić information content (AvgIpc) is 2.51. The van der Waals surface area contributed by atoms with Gasteiger partial charge in [0.2, 0.25) is 0 Å².